The maximum absolute atomic E-state index is 12.5. The smallest absolute Gasteiger partial charge is 0.390 e. The normalized spacial score (nSPS) is 17.5. The Balaban J connectivity index is 1.72. The molecular weight excluding hydrogens is 325 g/mol. The van der Waals surface area contributed by atoms with E-state index in [9.17, 15) is 23.1 Å². The number of amides is 1. The van der Waals surface area contributed by atoms with Crippen LogP contribution in [0.1, 0.15) is 11.1 Å². The van der Waals surface area contributed by atoms with E-state index >= 15 is 0 Å². The van der Waals surface area contributed by atoms with Gasteiger partial charge in [0.1, 0.15) is 0 Å². The average Bonchev–Trinajstić information content (AvgIpc) is 2.53. The lowest BCUT2D eigenvalue weighted by molar-refractivity contribution is -0.137. The molecule has 24 heavy (non-hydrogen) atoms. The van der Waals surface area contributed by atoms with Crippen LogP contribution < -0.4 is 5.32 Å². The lowest BCUT2D eigenvalue weighted by Crippen LogP contribution is -2.44. The molecule has 2 rings (SSSR count). The van der Waals surface area contributed by atoms with E-state index in [1.54, 1.807) is 0 Å². The van der Waals surface area contributed by atoms with Crippen molar-refractivity contribution < 1.29 is 27.8 Å². The van der Waals surface area contributed by atoms with Crippen LogP contribution in [0.3, 0.4) is 0 Å². The van der Waals surface area contributed by atoms with E-state index in [4.69, 9.17) is 4.74 Å². The van der Waals surface area contributed by atoms with Crippen LogP contribution in [0.5, 0.6) is 0 Å². The van der Waals surface area contributed by atoms with Gasteiger partial charge in [0.05, 0.1) is 31.3 Å². The number of halogens is 3. The Hall–Kier alpha value is -1.64. The van der Waals surface area contributed by atoms with Crippen LogP contribution in [-0.4, -0.2) is 61.4 Å². The average molecular weight is 346 g/mol. The maximum Gasteiger partial charge on any atom is 0.416 e. The van der Waals surface area contributed by atoms with Crippen molar-refractivity contribution in [3.63, 3.8) is 0 Å². The fourth-order valence-electron chi connectivity index (χ4n) is 2.44. The quantitative estimate of drug-likeness (QED) is 0.809. The number of nitrogens with one attached hydrogen (secondary N) is 1. The number of alkyl halides is 3. The van der Waals surface area contributed by atoms with Gasteiger partial charge >= 0.3 is 6.18 Å². The van der Waals surface area contributed by atoms with Gasteiger partial charge in [-0.15, -0.1) is 0 Å². The van der Waals surface area contributed by atoms with Crippen LogP contribution in [0.4, 0.5) is 13.2 Å². The van der Waals surface area contributed by atoms with E-state index in [-0.39, 0.29) is 18.9 Å². The van der Waals surface area contributed by atoms with Gasteiger partial charge in [-0.1, -0.05) is 12.1 Å². The predicted molar refractivity (Wildman–Crippen MR) is 81.4 cm³/mol. The molecule has 1 saturated heterocycles. The van der Waals surface area contributed by atoms with Crippen molar-refractivity contribution in [3.05, 3.63) is 35.4 Å². The molecule has 0 spiro atoms. The van der Waals surface area contributed by atoms with Crippen LogP contribution in [0.25, 0.3) is 0 Å². The Bertz CT molecular complexity index is 528. The van der Waals surface area contributed by atoms with Crippen LogP contribution in [0, 0.1) is 0 Å². The molecule has 0 radical (unpaired) electrons. The van der Waals surface area contributed by atoms with Gasteiger partial charge in [-0.05, 0) is 17.7 Å². The third-order valence-electron chi connectivity index (χ3n) is 3.75. The van der Waals surface area contributed by atoms with Gasteiger partial charge < -0.3 is 15.2 Å². The molecule has 0 saturated carbocycles. The molecule has 5 nitrogen and oxygen atoms in total. The zero-order chi connectivity index (χ0) is 17.6. The van der Waals surface area contributed by atoms with Crippen molar-refractivity contribution in [1.82, 2.24) is 10.2 Å². The first-order valence-electron chi connectivity index (χ1n) is 7.75. The predicted octanol–water partition coefficient (Wildman–Crippen LogP) is 1.06. The van der Waals surface area contributed by atoms with Gasteiger partial charge in [-0.25, -0.2) is 0 Å². The molecule has 1 atom stereocenters. The minimum Gasteiger partial charge on any atom is -0.390 e. The third-order valence-corrected chi connectivity index (χ3v) is 3.75. The summed E-state index contributed by atoms with van der Waals surface area (Å²) in [4.78, 5) is 13.9. The van der Waals surface area contributed by atoms with E-state index < -0.39 is 17.8 Å². The van der Waals surface area contributed by atoms with Crippen molar-refractivity contribution in [2.45, 2.75) is 18.7 Å². The molecular formula is C16H21F3N2O3. The molecule has 1 aromatic rings. The summed E-state index contributed by atoms with van der Waals surface area (Å²) in [6.45, 7) is 3.31. The number of β-amino-alcohol motifs (C(OH)–C–C–N with tert-alkyl or cyclic N) is 1. The van der Waals surface area contributed by atoms with Crippen molar-refractivity contribution in [2.75, 3.05) is 39.4 Å². The molecule has 1 amide bonds. The maximum atomic E-state index is 12.5. The number of rotatable bonds is 6. The number of aliphatic hydroxyl groups excluding tert-OH is 1. The highest BCUT2D eigenvalue weighted by atomic mass is 19.4. The van der Waals surface area contributed by atoms with Gasteiger partial charge in [0.2, 0.25) is 5.91 Å². The molecule has 1 heterocycles. The molecule has 1 fully saturated rings. The number of hydrogen-bond donors (Lipinski definition) is 2. The van der Waals surface area contributed by atoms with Gasteiger partial charge in [0.15, 0.2) is 0 Å². The highest BCUT2D eigenvalue weighted by molar-refractivity contribution is 5.78. The Morgan fingerprint density at radius 3 is 2.46 bits per heavy atom. The monoisotopic (exact) mass is 346 g/mol. The molecule has 0 bridgehead atoms. The molecule has 1 aliphatic rings. The number of aliphatic hydroxyl groups is 1. The van der Waals surface area contributed by atoms with E-state index in [2.05, 4.69) is 10.2 Å². The van der Waals surface area contributed by atoms with Crippen molar-refractivity contribution >= 4 is 5.91 Å². The number of carbonyl (C=O) groups excluding carboxylic acids is 1. The number of nitrogens with zero attached hydrogens (tertiary/aromatic N) is 1. The van der Waals surface area contributed by atoms with Crippen molar-refractivity contribution in [2.24, 2.45) is 0 Å². The van der Waals surface area contributed by atoms with Crippen LogP contribution in [0.15, 0.2) is 24.3 Å². The van der Waals surface area contributed by atoms with Gasteiger partial charge in [-0.3, -0.25) is 9.69 Å². The van der Waals surface area contributed by atoms with Crippen molar-refractivity contribution in [1.29, 1.82) is 0 Å². The second-order valence-corrected chi connectivity index (χ2v) is 5.74. The number of hydrogen-bond acceptors (Lipinski definition) is 4. The second kappa shape index (κ2) is 8.46. The van der Waals surface area contributed by atoms with Crippen LogP contribution >= 0.6 is 0 Å². The summed E-state index contributed by atoms with van der Waals surface area (Å²) in [7, 11) is 0. The summed E-state index contributed by atoms with van der Waals surface area (Å²) in [5.74, 6) is -0.337. The molecule has 134 valence electrons. The standard InChI is InChI=1S/C16H21F3N2O3/c17-16(18,19)13-3-1-12(2-4-13)9-15(23)20-10-14(22)11-21-5-7-24-8-6-21/h1-4,14,22H,5-11H2,(H,20,23). The summed E-state index contributed by atoms with van der Waals surface area (Å²) >= 11 is 0. The molecule has 8 heteroatoms. The SMILES string of the molecule is O=C(Cc1ccc(C(F)(F)F)cc1)NCC(O)CN1CCOCC1. The third kappa shape index (κ3) is 6.10. The summed E-state index contributed by atoms with van der Waals surface area (Å²) in [5.41, 5.74) is -0.254. The minimum absolute atomic E-state index is 0.0254. The Kier molecular flexibility index (Phi) is 6.59. The highest BCUT2D eigenvalue weighted by Crippen LogP contribution is 2.29. The Labute approximate surface area is 138 Å². The first kappa shape index (κ1) is 18.7. The summed E-state index contributed by atoms with van der Waals surface area (Å²) in [6.07, 6.45) is -5.10. The van der Waals surface area contributed by atoms with E-state index in [1.165, 1.54) is 12.1 Å². The number of ether oxygens (including phenoxy) is 1. The molecule has 2 N–H and O–H groups in total. The van der Waals surface area contributed by atoms with E-state index in [0.29, 0.717) is 25.3 Å². The zero-order valence-corrected chi connectivity index (χ0v) is 13.2. The minimum atomic E-state index is -4.38. The number of benzene rings is 1. The molecule has 1 aliphatic heterocycles. The summed E-state index contributed by atoms with van der Waals surface area (Å²) in [6, 6.07) is 4.48. The van der Waals surface area contributed by atoms with Crippen LogP contribution in [0.2, 0.25) is 0 Å². The van der Waals surface area contributed by atoms with Gasteiger partial charge in [0, 0.05) is 26.2 Å². The first-order valence-corrected chi connectivity index (χ1v) is 7.75. The molecule has 0 aliphatic carbocycles. The van der Waals surface area contributed by atoms with Crippen molar-refractivity contribution in [3.8, 4) is 0 Å². The Morgan fingerprint density at radius 1 is 1.25 bits per heavy atom. The fraction of sp³-hybridized carbons (Fsp3) is 0.562. The second-order valence-electron chi connectivity index (χ2n) is 5.74. The topological polar surface area (TPSA) is 61.8 Å². The molecule has 1 aromatic carbocycles. The number of carbonyl (C=O) groups is 1. The fourth-order valence-corrected chi connectivity index (χ4v) is 2.44. The lowest BCUT2D eigenvalue weighted by Gasteiger charge is -2.28. The van der Waals surface area contributed by atoms with Crippen LogP contribution in [-0.2, 0) is 22.1 Å². The van der Waals surface area contributed by atoms with Gasteiger partial charge in [0.25, 0.3) is 0 Å². The first-order chi connectivity index (χ1) is 11.3. The van der Waals surface area contributed by atoms with E-state index in [0.717, 1.165) is 25.2 Å². The molecule has 1 unspecified atom stereocenters. The Morgan fingerprint density at radius 2 is 1.88 bits per heavy atom. The highest BCUT2D eigenvalue weighted by Gasteiger charge is 2.29. The summed E-state index contributed by atoms with van der Waals surface area (Å²) in [5, 5.41) is 12.5. The summed E-state index contributed by atoms with van der Waals surface area (Å²) < 4.78 is 42.6. The molecule has 0 aromatic heterocycles. The lowest BCUT2D eigenvalue weighted by atomic mass is 10.1. The largest absolute Gasteiger partial charge is 0.416 e. The number of morpholine rings is 1. The van der Waals surface area contributed by atoms with Gasteiger partial charge in [-0.2, -0.15) is 13.2 Å². The zero-order valence-electron chi connectivity index (χ0n) is 13.2. The van der Waals surface area contributed by atoms with E-state index in [1.807, 2.05) is 0 Å².